The minimum Gasteiger partial charge on any atom is -0.383 e. The number of benzene rings is 1. The largest absolute Gasteiger partial charge is 0.383 e. The summed E-state index contributed by atoms with van der Waals surface area (Å²) in [6.07, 6.45) is 0.261. The number of carbonyl (C=O) groups excluding carboxylic acids is 2. The van der Waals surface area contributed by atoms with Crippen LogP contribution in [0, 0.1) is 5.92 Å². The fraction of sp³-hybridized carbons (Fsp3) is 0.556. The number of nitrogens with one attached hydrogen (secondary N) is 1. The summed E-state index contributed by atoms with van der Waals surface area (Å²) in [5.74, 6) is -0.368. The van der Waals surface area contributed by atoms with Crippen molar-refractivity contribution in [3.8, 4) is 0 Å². The Labute approximate surface area is 138 Å². The Hall–Kier alpha value is -1.88. The van der Waals surface area contributed by atoms with Gasteiger partial charge in [0.1, 0.15) is 0 Å². The van der Waals surface area contributed by atoms with E-state index in [4.69, 9.17) is 4.74 Å². The number of amides is 2. The number of rotatable bonds is 5. The highest BCUT2D eigenvalue weighted by Gasteiger charge is 2.36. The van der Waals surface area contributed by atoms with Crippen LogP contribution < -0.4 is 10.2 Å². The normalized spacial score (nSPS) is 18.3. The van der Waals surface area contributed by atoms with Crippen LogP contribution in [0.4, 0.5) is 5.69 Å². The van der Waals surface area contributed by atoms with E-state index in [1.54, 1.807) is 12.0 Å². The average Bonchev–Trinajstić information content (AvgIpc) is 2.88. The van der Waals surface area contributed by atoms with Crippen LogP contribution in [0.5, 0.6) is 0 Å². The van der Waals surface area contributed by atoms with Crippen molar-refractivity contribution in [3.63, 3.8) is 0 Å². The van der Waals surface area contributed by atoms with Crippen LogP contribution in [-0.4, -0.2) is 38.6 Å². The predicted octanol–water partition coefficient (Wildman–Crippen LogP) is 2.10. The van der Waals surface area contributed by atoms with E-state index in [0.29, 0.717) is 19.7 Å². The first kappa shape index (κ1) is 17.5. The summed E-state index contributed by atoms with van der Waals surface area (Å²) in [6, 6.07) is 7.93. The minimum absolute atomic E-state index is 0.00796. The Morgan fingerprint density at radius 1 is 1.35 bits per heavy atom. The van der Waals surface area contributed by atoms with Crippen molar-refractivity contribution in [2.75, 3.05) is 31.7 Å². The Bertz CT molecular complexity index is 578. The van der Waals surface area contributed by atoms with Gasteiger partial charge in [-0.15, -0.1) is 0 Å². The zero-order valence-electron chi connectivity index (χ0n) is 14.4. The van der Waals surface area contributed by atoms with Crippen molar-refractivity contribution in [1.29, 1.82) is 0 Å². The van der Waals surface area contributed by atoms with Gasteiger partial charge < -0.3 is 15.0 Å². The molecule has 0 radical (unpaired) electrons. The number of hydrogen-bond donors (Lipinski definition) is 1. The molecule has 1 aliphatic rings. The van der Waals surface area contributed by atoms with Crippen molar-refractivity contribution in [2.45, 2.75) is 32.6 Å². The molecule has 1 N–H and O–H groups in total. The molecule has 2 rings (SSSR count). The molecule has 0 aliphatic carbocycles. The van der Waals surface area contributed by atoms with Crippen LogP contribution in [0.15, 0.2) is 24.3 Å². The summed E-state index contributed by atoms with van der Waals surface area (Å²) >= 11 is 0. The second kappa shape index (κ2) is 7.13. The number of para-hydroxylation sites is 1. The monoisotopic (exact) mass is 318 g/mol. The van der Waals surface area contributed by atoms with Crippen LogP contribution in [0.2, 0.25) is 0 Å². The van der Waals surface area contributed by atoms with Gasteiger partial charge in [0.15, 0.2) is 0 Å². The Kier molecular flexibility index (Phi) is 5.42. The molecule has 0 spiro atoms. The highest BCUT2D eigenvalue weighted by molar-refractivity contribution is 6.01. The molecular formula is C18H26N2O3. The summed E-state index contributed by atoms with van der Waals surface area (Å²) in [7, 11) is 1.59. The molecule has 1 unspecified atom stereocenters. The fourth-order valence-electron chi connectivity index (χ4n) is 2.88. The van der Waals surface area contributed by atoms with Crippen LogP contribution in [0.25, 0.3) is 0 Å². The van der Waals surface area contributed by atoms with Crippen molar-refractivity contribution in [1.82, 2.24) is 5.32 Å². The highest BCUT2D eigenvalue weighted by Crippen LogP contribution is 2.35. The molecule has 1 saturated heterocycles. The average molecular weight is 318 g/mol. The summed E-state index contributed by atoms with van der Waals surface area (Å²) < 4.78 is 4.93. The molecule has 126 valence electrons. The second-order valence-electron chi connectivity index (χ2n) is 6.96. The molecule has 0 aromatic heterocycles. The zero-order valence-corrected chi connectivity index (χ0v) is 14.4. The fourth-order valence-corrected chi connectivity index (χ4v) is 2.88. The van der Waals surface area contributed by atoms with Gasteiger partial charge in [-0.2, -0.15) is 0 Å². The van der Waals surface area contributed by atoms with E-state index >= 15 is 0 Å². The molecule has 1 heterocycles. The van der Waals surface area contributed by atoms with E-state index in [1.807, 2.05) is 18.2 Å². The maximum Gasteiger partial charge on any atom is 0.227 e. The SMILES string of the molecule is COCCNC(=O)C1CC(=O)N(c2ccccc2C(C)(C)C)C1. The van der Waals surface area contributed by atoms with Gasteiger partial charge in [-0.25, -0.2) is 0 Å². The van der Waals surface area contributed by atoms with Gasteiger partial charge >= 0.3 is 0 Å². The molecule has 1 atom stereocenters. The number of methoxy groups -OCH3 is 1. The zero-order chi connectivity index (χ0) is 17.0. The van der Waals surface area contributed by atoms with Crippen molar-refractivity contribution in [3.05, 3.63) is 29.8 Å². The summed E-state index contributed by atoms with van der Waals surface area (Å²) in [4.78, 5) is 26.3. The number of nitrogens with zero attached hydrogens (tertiary/aromatic N) is 1. The standard InChI is InChI=1S/C18H26N2O3/c1-18(2,3)14-7-5-6-8-15(14)20-12-13(11-16(20)21)17(22)19-9-10-23-4/h5-8,13H,9-12H2,1-4H3,(H,19,22). The lowest BCUT2D eigenvalue weighted by atomic mass is 9.85. The van der Waals surface area contributed by atoms with Crippen LogP contribution >= 0.6 is 0 Å². The summed E-state index contributed by atoms with van der Waals surface area (Å²) in [5.41, 5.74) is 1.97. The molecule has 0 saturated carbocycles. The molecule has 1 aromatic carbocycles. The Morgan fingerprint density at radius 2 is 2.04 bits per heavy atom. The molecule has 2 amide bonds. The van der Waals surface area contributed by atoms with Crippen LogP contribution in [-0.2, 0) is 19.7 Å². The second-order valence-corrected chi connectivity index (χ2v) is 6.96. The maximum absolute atomic E-state index is 12.4. The number of carbonyl (C=O) groups is 2. The first-order valence-corrected chi connectivity index (χ1v) is 8.01. The Morgan fingerprint density at radius 3 is 2.70 bits per heavy atom. The molecule has 1 fully saturated rings. The molecule has 5 nitrogen and oxygen atoms in total. The minimum atomic E-state index is -0.299. The van der Waals surface area contributed by atoms with Crippen LogP contribution in [0.1, 0.15) is 32.8 Å². The lowest BCUT2D eigenvalue weighted by Crippen LogP contribution is -2.35. The maximum atomic E-state index is 12.4. The number of anilines is 1. The third kappa shape index (κ3) is 4.10. The molecular weight excluding hydrogens is 292 g/mol. The molecule has 0 bridgehead atoms. The molecule has 23 heavy (non-hydrogen) atoms. The number of ether oxygens (including phenoxy) is 1. The summed E-state index contributed by atoms with van der Waals surface area (Å²) in [5, 5.41) is 2.82. The smallest absolute Gasteiger partial charge is 0.227 e. The van der Waals surface area contributed by atoms with Crippen molar-refractivity contribution in [2.24, 2.45) is 5.92 Å². The van der Waals surface area contributed by atoms with Gasteiger partial charge in [-0.1, -0.05) is 39.0 Å². The molecule has 5 heteroatoms. The quantitative estimate of drug-likeness (QED) is 0.846. The van der Waals surface area contributed by atoms with Gasteiger partial charge in [-0.3, -0.25) is 9.59 Å². The predicted molar refractivity (Wildman–Crippen MR) is 90.5 cm³/mol. The first-order valence-electron chi connectivity index (χ1n) is 8.01. The summed E-state index contributed by atoms with van der Waals surface area (Å²) in [6.45, 7) is 7.76. The molecule has 1 aliphatic heterocycles. The van der Waals surface area contributed by atoms with Gasteiger partial charge in [0, 0.05) is 32.3 Å². The Balaban J connectivity index is 2.14. The van der Waals surface area contributed by atoms with Crippen LogP contribution in [0.3, 0.4) is 0 Å². The van der Waals surface area contributed by atoms with E-state index in [2.05, 4.69) is 32.2 Å². The van der Waals surface area contributed by atoms with E-state index < -0.39 is 0 Å². The lowest BCUT2D eigenvalue weighted by Gasteiger charge is -2.27. The van der Waals surface area contributed by atoms with Gasteiger partial charge in [0.05, 0.1) is 12.5 Å². The van der Waals surface area contributed by atoms with E-state index in [1.165, 1.54) is 0 Å². The third-order valence-electron chi connectivity index (χ3n) is 4.10. The van der Waals surface area contributed by atoms with Gasteiger partial charge in [-0.05, 0) is 17.0 Å². The third-order valence-corrected chi connectivity index (χ3v) is 4.10. The van der Waals surface area contributed by atoms with Gasteiger partial charge in [0.25, 0.3) is 0 Å². The van der Waals surface area contributed by atoms with E-state index in [9.17, 15) is 9.59 Å². The topological polar surface area (TPSA) is 58.6 Å². The number of hydrogen-bond acceptors (Lipinski definition) is 3. The van der Waals surface area contributed by atoms with Crippen molar-refractivity contribution < 1.29 is 14.3 Å². The lowest BCUT2D eigenvalue weighted by molar-refractivity contribution is -0.126. The first-order chi connectivity index (χ1) is 10.8. The van der Waals surface area contributed by atoms with E-state index in [-0.39, 0.29) is 29.6 Å². The van der Waals surface area contributed by atoms with Gasteiger partial charge in [0.2, 0.25) is 11.8 Å². The highest BCUT2D eigenvalue weighted by atomic mass is 16.5. The van der Waals surface area contributed by atoms with Crippen molar-refractivity contribution >= 4 is 17.5 Å². The molecule has 1 aromatic rings. The van der Waals surface area contributed by atoms with E-state index in [0.717, 1.165) is 11.3 Å².